The molecular formula is C19H22ClN5S. The molecule has 0 amide bonds. The van der Waals surface area contributed by atoms with Crippen LogP contribution in [-0.2, 0) is 7.05 Å². The molecule has 1 aliphatic rings. The molecule has 1 aliphatic heterocycles. The maximum Gasteiger partial charge on any atom is 0.194 e. The summed E-state index contributed by atoms with van der Waals surface area (Å²) in [6, 6.07) is 4.46. The third kappa shape index (κ3) is 2.92. The van der Waals surface area contributed by atoms with Gasteiger partial charge in [-0.25, -0.2) is 4.98 Å². The zero-order valence-electron chi connectivity index (χ0n) is 14.9. The molecular weight excluding hydrogens is 366 g/mol. The molecule has 0 aliphatic carbocycles. The second kappa shape index (κ2) is 6.68. The summed E-state index contributed by atoms with van der Waals surface area (Å²) in [7, 11) is 1.97. The number of hydrogen-bond acceptors (Lipinski definition) is 4. The zero-order valence-corrected chi connectivity index (χ0v) is 16.5. The van der Waals surface area contributed by atoms with Gasteiger partial charge in [-0.05, 0) is 56.1 Å². The second-order valence-electron chi connectivity index (χ2n) is 7.01. The lowest BCUT2D eigenvalue weighted by Gasteiger charge is -2.20. The standard InChI is InChI=1S/C19H21N5S.ClH/c1-12-7-14(8-15-9-23(2)22-18(12)15)17-11-24-10-16(21-19(24)25-17)13-3-5-20-6-4-13;/h7-11,13,20H,3-6H2,1-2H3;1H. The van der Waals surface area contributed by atoms with Crippen LogP contribution in [0.5, 0.6) is 0 Å². The minimum Gasteiger partial charge on any atom is -0.317 e. The Bertz CT molecular complexity index is 1040. The van der Waals surface area contributed by atoms with Crippen molar-refractivity contribution in [3.8, 4) is 10.4 Å². The van der Waals surface area contributed by atoms with Crippen molar-refractivity contribution < 1.29 is 0 Å². The van der Waals surface area contributed by atoms with E-state index in [2.05, 4.69) is 52.5 Å². The minimum atomic E-state index is 0. The van der Waals surface area contributed by atoms with E-state index in [9.17, 15) is 0 Å². The molecule has 7 heteroatoms. The normalized spacial score (nSPS) is 15.6. The van der Waals surface area contributed by atoms with E-state index in [0.717, 1.165) is 23.6 Å². The van der Waals surface area contributed by atoms with Gasteiger partial charge in [0.1, 0.15) is 0 Å². The third-order valence-corrected chi connectivity index (χ3v) is 6.18. The number of piperidine rings is 1. The van der Waals surface area contributed by atoms with Gasteiger partial charge in [-0.1, -0.05) is 11.3 Å². The van der Waals surface area contributed by atoms with E-state index in [4.69, 9.17) is 4.98 Å². The number of thiazole rings is 1. The SMILES string of the molecule is Cc1cc(-c2cn3cc(C4CCNCC4)nc3s2)cc2cn(C)nc12.Cl. The van der Waals surface area contributed by atoms with Crippen LogP contribution in [0, 0.1) is 6.92 Å². The highest BCUT2D eigenvalue weighted by atomic mass is 35.5. The van der Waals surface area contributed by atoms with Crippen molar-refractivity contribution in [2.24, 2.45) is 7.05 Å². The Morgan fingerprint density at radius 2 is 1.96 bits per heavy atom. The number of aryl methyl sites for hydroxylation is 2. The lowest BCUT2D eigenvalue weighted by atomic mass is 9.95. The van der Waals surface area contributed by atoms with Crippen LogP contribution in [0.3, 0.4) is 0 Å². The maximum absolute atomic E-state index is 4.91. The van der Waals surface area contributed by atoms with Crippen molar-refractivity contribution in [2.75, 3.05) is 13.1 Å². The van der Waals surface area contributed by atoms with Crippen LogP contribution in [0.25, 0.3) is 26.3 Å². The van der Waals surface area contributed by atoms with Crippen molar-refractivity contribution in [3.05, 3.63) is 42.0 Å². The number of aromatic nitrogens is 4. The molecule has 1 aromatic carbocycles. The summed E-state index contributed by atoms with van der Waals surface area (Å²) >= 11 is 1.77. The number of nitrogens with zero attached hydrogens (tertiary/aromatic N) is 4. The number of fused-ring (bicyclic) bond motifs is 2. The first-order chi connectivity index (χ1) is 12.2. The first kappa shape index (κ1) is 17.5. The molecule has 26 heavy (non-hydrogen) atoms. The predicted molar refractivity (Wildman–Crippen MR) is 110 cm³/mol. The fourth-order valence-electron chi connectivity index (χ4n) is 3.83. The fraction of sp³-hybridized carbons (Fsp3) is 0.368. The Kier molecular flexibility index (Phi) is 4.50. The molecule has 0 radical (unpaired) electrons. The highest BCUT2D eigenvalue weighted by Gasteiger charge is 2.19. The van der Waals surface area contributed by atoms with E-state index in [1.54, 1.807) is 11.3 Å². The van der Waals surface area contributed by atoms with E-state index in [-0.39, 0.29) is 12.4 Å². The summed E-state index contributed by atoms with van der Waals surface area (Å²) in [6.07, 6.45) is 8.90. The summed E-state index contributed by atoms with van der Waals surface area (Å²) in [4.78, 5) is 7.26. The molecule has 4 heterocycles. The lowest BCUT2D eigenvalue weighted by molar-refractivity contribution is 0.454. The first-order valence-corrected chi connectivity index (χ1v) is 9.62. The van der Waals surface area contributed by atoms with E-state index in [1.807, 2.05) is 11.7 Å². The molecule has 0 bridgehead atoms. The number of benzene rings is 1. The monoisotopic (exact) mass is 387 g/mol. The summed E-state index contributed by atoms with van der Waals surface area (Å²) in [6.45, 7) is 4.34. The highest BCUT2D eigenvalue weighted by Crippen LogP contribution is 2.33. The smallest absolute Gasteiger partial charge is 0.194 e. The molecule has 0 atom stereocenters. The Hall–Kier alpha value is -1.89. The van der Waals surface area contributed by atoms with Gasteiger partial charge in [0.25, 0.3) is 0 Å². The Labute approximate surface area is 162 Å². The van der Waals surface area contributed by atoms with Gasteiger partial charge in [-0.2, -0.15) is 5.10 Å². The van der Waals surface area contributed by atoms with Crippen LogP contribution in [0.2, 0.25) is 0 Å². The van der Waals surface area contributed by atoms with Crippen LogP contribution in [-0.4, -0.2) is 32.3 Å². The predicted octanol–water partition coefficient (Wildman–Crippen LogP) is 4.15. The zero-order chi connectivity index (χ0) is 17.0. The number of imidazole rings is 1. The number of halogens is 1. The first-order valence-electron chi connectivity index (χ1n) is 8.81. The topological polar surface area (TPSA) is 47.1 Å². The van der Waals surface area contributed by atoms with Gasteiger partial charge in [-0.3, -0.25) is 9.08 Å². The van der Waals surface area contributed by atoms with Crippen LogP contribution in [0.1, 0.15) is 30.0 Å². The second-order valence-corrected chi connectivity index (χ2v) is 8.02. The summed E-state index contributed by atoms with van der Waals surface area (Å²) in [5.41, 5.74) is 4.80. The summed E-state index contributed by atoms with van der Waals surface area (Å²) in [5.74, 6) is 0.603. The van der Waals surface area contributed by atoms with E-state index in [1.165, 1.54) is 39.9 Å². The van der Waals surface area contributed by atoms with Crippen molar-refractivity contribution >= 4 is 39.6 Å². The number of nitrogens with one attached hydrogen (secondary N) is 1. The fourth-order valence-corrected chi connectivity index (χ4v) is 4.79. The van der Waals surface area contributed by atoms with Gasteiger partial charge in [0, 0.05) is 36.9 Å². The average molecular weight is 388 g/mol. The molecule has 1 N–H and O–H groups in total. The van der Waals surface area contributed by atoms with Gasteiger partial charge >= 0.3 is 0 Å². The van der Waals surface area contributed by atoms with Gasteiger partial charge in [-0.15, -0.1) is 12.4 Å². The van der Waals surface area contributed by atoms with Crippen molar-refractivity contribution in [1.82, 2.24) is 24.5 Å². The molecule has 0 unspecified atom stereocenters. The number of rotatable bonds is 2. The van der Waals surface area contributed by atoms with Crippen LogP contribution in [0.4, 0.5) is 0 Å². The van der Waals surface area contributed by atoms with Crippen molar-refractivity contribution in [3.63, 3.8) is 0 Å². The van der Waals surface area contributed by atoms with Gasteiger partial charge in [0.05, 0.1) is 16.1 Å². The Balaban J connectivity index is 0.00000168. The van der Waals surface area contributed by atoms with Gasteiger partial charge < -0.3 is 5.32 Å². The quantitative estimate of drug-likeness (QED) is 0.562. The molecule has 5 rings (SSSR count). The lowest BCUT2D eigenvalue weighted by Crippen LogP contribution is -2.26. The molecule has 0 spiro atoms. The minimum absolute atomic E-state index is 0. The average Bonchev–Trinajstić information content (AvgIpc) is 3.27. The van der Waals surface area contributed by atoms with E-state index in [0.29, 0.717) is 5.92 Å². The number of hydrogen-bond donors (Lipinski definition) is 1. The van der Waals surface area contributed by atoms with Crippen LogP contribution >= 0.6 is 23.7 Å². The molecule has 4 aromatic rings. The van der Waals surface area contributed by atoms with Crippen molar-refractivity contribution in [1.29, 1.82) is 0 Å². The molecule has 5 nitrogen and oxygen atoms in total. The Morgan fingerprint density at radius 1 is 1.15 bits per heavy atom. The Morgan fingerprint density at radius 3 is 2.73 bits per heavy atom. The molecule has 1 fully saturated rings. The van der Waals surface area contributed by atoms with Gasteiger partial charge in [0.2, 0.25) is 0 Å². The molecule has 136 valence electrons. The van der Waals surface area contributed by atoms with Crippen LogP contribution in [0.15, 0.2) is 30.7 Å². The highest BCUT2D eigenvalue weighted by molar-refractivity contribution is 7.20. The third-order valence-electron chi connectivity index (χ3n) is 5.13. The molecule has 0 saturated carbocycles. The van der Waals surface area contributed by atoms with Gasteiger partial charge in [0.15, 0.2) is 4.96 Å². The molecule has 1 saturated heterocycles. The van der Waals surface area contributed by atoms with Crippen molar-refractivity contribution in [2.45, 2.75) is 25.7 Å². The van der Waals surface area contributed by atoms with E-state index < -0.39 is 0 Å². The summed E-state index contributed by atoms with van der Waals surface area (Å²) in [5, 5.41) is 9.16. The molecule has 3 aromatic heterocycles. The largest absolute Gasteiger partial charge is 0.317 e. The van der Waals surface area contributed by atoms with Crippen LogP contribution < -0.4 is 5.32 Å². The summed E-state index contributed by atoms with van der Waals surface area (Å²) < 4.78 is 4.08. The van der Waals surface area contributed by atoms with E-state index >= 15 is 0 Å². The maximum atomic E-state index is 4.91.